The van der Waals surface area contributed by atoms with Gasteiger partial charge in [-0.05, 0) is 77.2 Å². The van der Waals surface area contributed by atoms with E-state index in [0.29, 0.717) is 35.3 Å². The van der Waals surface area contributed by atoms with Gasteiger partial charge in [0.05, 0.1) is 17.7 Å². The van der Waals surface area contributed by atoms with Crippen molar-refractivity contribution in [1.29, 1.82) is 0 Å². The van der Waals surface area contributed by atoms with Crippen LogP contribution in [0, 0.1) is 0 Å². The molecule has 1 N–H and O–H groups in total. The van der Waals surface area contributed by atoms with Crippen LogP contribution >= 0.6 is 0 Å². The quantitative estimate of drug-likeness (QED) is 0.0804. The highest BCUT2D eigenvalue weighted by atomic mass is 16.6. The maximum Gasteiger partial charge on any atom is 0.348 e. The summed E-state index contributed by atoms with van der Waals surface area (Å²) in [6.45, 7) is 2.88. The van der Waals surface area contributed by atoms with Crippen molar-refractivity contribution in [3.05, 3.63) is 107 Å². The Morgan fingerprint density at radius 3 is 2.20 bits per heavy atom. The average Bonchev–Trinajstić information content (AvgIpc) is 3.07. The van der Waals surface area contributed by atoms with Gasteiger partial charge in [-0.25, -0.2) is 14.4 Å². The molecule has 0 aromatic heterocycles. The second-order valence-corrected chi connectivity index (χ2v) is 12.1. The fourth-order valence-corrected chi connectivity index (χ4v) is 6.03. The van der Waals surface area contributed by atoms with Crippen molar-refractivity contribution in [2.45, 2.75) is 83.2 Å². The van der Waals surface area contributed by atoms with E-state index < -0.39 is 23.5 Å². The molecule has 0 amide bonds. The number of aliphatic carboxylic acids is 1. The molecule has 1 unspecified atom stereocenters. The molecule has 7 nitrogen and oxygen atoms in total. The molecule has 0 radical (unpaired) electrons. The van der Waals surface area contributed by atoms with Crippen LogP contribution in [-0.4, -0.2) is 35.2 Å². The monoisotopic (exact) mass is 622 g/mol. The molecule has 1 aliphatic carbocycles. The third kappa shape index (κ3) is 8.13. The number of carbonyl (C=O) groups is 3. The molecule has 0 saturated carbocycles. The van der Waals surface area contributed by atoms with Crippen LogP contribution in [0.5, 0.6) is 11.5 Å². The highest BCUT2D eigenvalue weighted by Crippen LogP contribution is 2.35. The van der Waals surface area contributed by atoms with E-state index in [0.717, 1.165) is 35.1 Å². The lowest BCUT2D eigenvalue weighted by molar-refractivity contribution is -0.160. The van der Waals surface area contributed by atoms with Crippen LogP contribution in [0.3, 0.4) is 0 Å². The van der Waals surface area contributed by atoms with Crippen molar-refractivity contribution in [2.24, 2.45) is 0 Å². The van der Waals surface area contributed by atoms with Crippen molar-refractivity contribution in [3.63, 3.8) is 0 Å². The summed E-state index contributed by atoms with van der Waals surface area (Å²) >= 11 is 0. The summed E-state index contributed by atoms with van der Waals surface area (Å²) < 4.78 is 17.3. The third-order valence-electron chi connectivity index (χ3n) is 8.71. The Balaban J connectivity index is 1.15. The number of fused-ring (bicyclic) bond motifs is 2. The highest BCUT2D eigenvalue weighted by Gasteiger charge is 2.45. The zero-order valence-electron chi connectivity index (χ0n) is 26.5. The third-order valence-corrected chi connectivity index (χ3v) is 8.71. The number of carboxylic acid groups (broad SMARTS) is 1. The Morgan fingerprint density at radius 1 is 0.739 bits per heavy atom. The Morgan fingerprint density at radius 2 is 1.43 bits per heavy atom. The lowest BCUT2D eigenvalue weighted by atomic mass is 9.80. The van der Waals surface area contributed by atoms with Crippen molar-refractivity contribution in [1.82, 2.24) is 0 Å². The number of ether oxygens (including phenoxy) is 3. The molecular formula is C39H42O7. The number of esters is 2. The number of rotatable bonds is 15. The molecule has 4 aromatic carbocycles. The molecule has 0 aliphatic heterocycles. The Bertz CT molecular complexity index is 1650. The zero-order valence-corrected chi connectivity index (χ0v) is 26.5. The van der Waals surface area contributed by atoms with E-state index >= 15 is 0 Å². The summed E-state index contributed by atoms with van der Waals surface area (Å²) in [6, 6.07) is 24.8. The minimum atomic E-state index is -1.70. The number of carboxylic acids is 1. The van der Waals surface area contributed by atoms with Crippen molar-refractivity contribution < 1.29 is 33.7 Å². The first-order valence-corrected chi connectivity index (χ1v) is 16.4. The number of hydrogen-bond acceptors (Lipinski definition) is 6. The van der Waals surface area contributed by atoms with Gasteiger partial charge in [-0.1, -0.05) is 94.3 Å². The van der Waals surface area contributed by atoms with E-state index in [1.165, 1.54) is 38.5 Å². The van der Waals surface area contributed by atoms with Gasteiger partial charge in [0, 0.05) is 12.8 Å². The van der Waals surface area contributed by atoms with Crippen molar-refractivity contribution in [2.75, 3.05) is 6.61 Å². The molecule has 1 aliphatic rings. The van der Waals surface area contributed by atoms with Gasteiger partial charge in [-0.3, -0.25) is 0 Å². The molecule has 240 valence electrons. The first-order valence-electron chi connectivity index (χ1n) is 16.4. The molecule has 4 aromatic rings. The molecule has 0 heterocycles. The Hall–Kier alpha value is -4.65. The van der Waals surface area contributed by atoms with Gasteiger partial charge in [-0.15, -0.1) is 0 Å². The summed E-state index contributed by atoms with van der Waals surface area (Å²) in [7, 11) is 0. The van der Waals surface area contributed by atoms with E-state index in [1.807, 2.05) is 30.3 Å². The van der Waals surface area contributed by atoms with Gasteiger partial charge in [0.25, 0.3) is 0 Å². The van der Waals surface area contributed by atoms with Crippen molar-refractivity contribution >= 4 is 28.7 Å². The number of unbranched alkanes of at least 4 members (excludes halogenated alkanes) is 7. The van der Waals surface area contributed by atoms with Crippen LogP contribution in [-0.2, 0) is 22.4 Å². The smallest absolute Gasteiger partial charge is 0.348 e. The highest BCUT2D eigenvalue weighted by molar-refractivity contribution is 6.05. The molecule has 7 heteroatoms. The van der Waals surface area contributed by atoms with Gasteiger partial charge < -0.3 is 19.3 Å². The van der Waals surface area contributed by atoms with Crippen LogP contribution in [0.25, 0.3) is 10.8 Å². The van der Waals surface area contributed by atoms with Gasteiger partial charge in [0.1, 0.15) is 11.5 Å². The number of hydrogen-bond donors (Lipinski definition) is 1. The summed E-state index contributed by atoms with van der Waals surface area (Å²) in [6.07, 6.45) is 10.4. The summed E-state index contributed by atoms with van der Waals surface area (Å²) in [5, 5.41) is 11.8. The summed E-state index contributed by atoms with van der Waals surface area (Å²) in [5.74, 6) is -1.26. The second kappa shape index (κ2) is 15.6. The minimum Gasteiger partial charge on any atom is -0.494 e. The zero-order chi connectivity index (χ0) is 32.4. The van der Waals surface area contributed by atoms with E-state index in [-0.39, 0.29) is 12.8 Å². The normalized spacial score (nSPS) is 15.6. The fourth-order valence-electron chi connectivity index (χ4n) is 6.03. The molecule has 0 bridgehead atoms. The average molecular weight is 623 g/mol. The molecule has 0 saturated heterocycles. The second-order valence-electron chi connectivity index (χ2n) is 12.1. The number of aryl methyl sites for hydroxylation is 1. The molecule has 5 rings (SSSR count). The lowest BCUT2D eigenvalue weighted by Crippen LogP contribution is -2.48. The van der Waals surface area contributed by atoms with Crippen LogP contribution in [0.1, 0.15) is 96.6 Å². The SMILES string of the molecule is CCCCCCCCCCOc1ccc(C(=O)Oc2ccc3c(c2)CCC(OC(=O)c2cccc4ccccc24)(C(=O)O)C3)cc1. The largest absolute Gasteiger partial charge is 0.494 e. The topological polar surface area (TPSA) is 99.1 Å². The number of benzene rings is 4. The van der Waals surface area contributed by atoms with E-state index in [2.05, 4.69) is 6.92 Å². The minimum absolute atomic E-state index is 0.0167. The van der Waals surface area contributed by atoms with Gasteiger partial charge in [-0.2, -0.15) is 0 Å². The summed E-state index contributed by atoms with van der Waals surface area (Å²) in [5.41, 5.74) is 0.625. The maximum absolute atomic E-state index is 13.3. The molecule has 0 spiro atoms. The molecule has 0 fully saturated rings. The van der Waals surface area contributed by atoms with Crippen LogP contribution < -0.4 is 9.47 Å². The van der Waals surface area contributed by atoms with Crippen molar-refractivity contribution in [3.8, 4) is 11.5 Å². The lowest BCUT2D eigenvalue weighted by Gasteiger charge is -2.34. The van der Waals surface area contributed by atoms with Crippen LogP contribution in [0.2, 0.25) is 0 Å². The maximum atomic E-state index is 13.3. The first kappa shape index (κ1) is 32.7. The van der Waals surface area contributed by atoms with E-state index in [9.17, 15) is 19.5 Å². The standard InChI is InChI=1S/C39H42O7/c1-2-3-4-5-6-7-8-11-25-44-32-20-17-29(18-21-32)36(40)45-33-22-19-31-27-39(38(42)43,24-23-30(31)26-33)46-37(41)35-16-12-14-28-13-9-10-15-34(28)35/h9-10,12-22,26H,2-8,11,23-25,27H2,1H3,(H,42,43). The van der Waals surface area contributed by atoms with Crippen LogP contribution in [0.4, 0.5) is 0 Å². The van der Waals surface area contributed by atoms with Gasteiger partial charge in [0.2, 0.25) is 5.60 Å². The molecule has 1 atom stereocenters. The van der Waals surface area contributed by atoms with E-state index in [4.69, 9.17) is 14.2 Å². The van der Waals surface area contributed by atoms with E-state index in [1.54, 1.807) is 54.6 Å². The molecule has 46 heavy (non-hydrogen) atoms. The first-order chi connectivity index (χ1) is 22.4. The number of carbonyl (C=O) groups excluding carboxylic acids is 2. The van der Waals surface area contributed by atoms with Gasteiger partial charge in [0.15, 0.2) is 0 Å². The van der Waals surface area contributed by atoms with Gasteiger partial charge >= 0.3 is 17.9 Å². The Kier molecular flexibility index (Phi) is 11.1. The fraction of sp³-hybridized carbons (Fsp3) is 0.359. The van der Waals surface area contributed by atoms with Crippen LogP contribution in [0.15, 0.2) is 84.9 Å². The predicted molar refractivity (Wildman–Crippen MR) is 178 cm³/mol. The molecular weight excluding hydrogens is 580 g/mol. The predicted octanol–water partition coefficient (Wildman–Crippen LogP) is 8.75. The Labute approximate surface area is 270 Å². The summed E-state index contributed by atoms with van der Waals surface area (Å²) in [4.78, 5) is 38.6.